The summed E-state index contributed by atoms with van der Waals surface area (Å²) in [5.41, 5.74) is 2.81. The second-order valence-corrected chi connectivity index (χ2v) is 5.65. The molecule has 0 aliphatic heterocycles. The van der Waals surface area contributed by atoms with Crippen molar-refractivity contribution in [3.05, 3.63) is 102 Å². The number of rotatable bonds is 0. The summed E-state index contributed by atoms with van der Waals surface area (Å²) in [6.45, 7) is 0. The predicted molar refractivity (Wildman–Crippen MR) is 102 cm³/mol. The van der Waals surface area contributed by atoms with E-state index in [2.05, 4.69) is 97.2 Å². The zero-order chi connectivity index (χ0) is 15.7. The average molecular weight is 298 g/mol. The summed E-state index contributed by atoms with van der Waals surface area (Å²) >= 11 is 0. The first-order valence-electron chi connectivity index (χ1n) is 8.25. The van der Waals surface area contributed by atoms with Gasteiger partial charge in [0.15, 0.2) is 0 Å². The van der Waals surface area contributed by atoms with E-state index in [0.29, 0.717) is 0 Å². The zero-order valence-corrected chi connectivity index (χ0v) is 13.4. The number of benzene rings is 2. The van der Waals surface area contributed by atoms with Gasteiger partial charge >= 0.3 is 0 Å². The molecule has 0 unspecified atom stereocenters. The van der Waals surface area contributed by atoms with Crippen molar-refractivity contribution in [2.75, 3.05) is 0 Å². The Balaban J connectivity index is 0.000000128. The molecule has 2 aromatic rings. The van der Waals surface area contributed by atoms with E-state index in [1.807, 2.05) is 0 Å². The second kappa shape index (κ2) is 8.14. The minimum Gasteiger partial charge on any atom is -0.0808 e. The van der Waals surface area contributed by atoms with Gasteiger partial charge in [-0.05, 0) is 41.2 Å². The maximum atomic E-state index is 2.23. The minimum absolute atomic E-state index is 1.08. The Kier molecular flexibility index (Phi) is 5.42. The molecule has 0 fully saturated rings. The first kappa shape index (κ1) is 15.3. The molecular formula is C23H22. The predicted octanol–water partition coefficient (Wildman–Crippen LogP) is 6.41. The Morgan fingerprint density at radius 3 is 1.78 bits per heavy atom. The lowest BCUT2D eigenvalue weighted by molar-refractivity contribution is 1.29. The van der Waals surface area contributed by atoms with E-state index < -0.39 is 0 Å². The third-order valence-electron chi connectivity index (χ3n) is 3.97. The molecular weight excluding hydrogens is 276 g/mol. The van der Waals surface area contributed by atoms with Gasteiger partial charge in [-0.15, -0.1) is 0 Å². The Morgan fingerprint density at radius 2 is 1.22 bits per heavy atom. The molecule has 0 heterocycles. The highest BCUT2D eigenvalue weighted by Gasteiger charge is 2.06. The Bertz CT molecular complexity index is 751. The third kappa shape index (κ3) is 4.20. The molecule has 0 N–H and O–H groups in total. The molecule has 0 radical (unpaired) electrons. The molecule has 0 saturated heterocycles. The molecule has 0 atom stereocenters. The SMILES string of the molecule is C1=CCC=C1.C1=CCC=C1.C1=Cc2cccc3cccc(c23)C1. The number of allylic oxidation sites excluding steroid dienone is 9. The van der Waals surface area contributed by atoms with Crippen LogP contribution in [0.25, 0.3) is 16.8 Å². The van der Waals surface area contributed by atoms with Crippen LogP contribution in [-0.2, 0) is 6.42 Å². The molecule has 23 heavy (non-hydrogen) atoms. The van der Waals surface area contributed by atoms with Crippen LogP contribution in [0.15, 0.2) is 91.1 Å². The van der Waals surface area contributed by atoms with Gasteiger partial charge in [-0.2, -0.15) is 0 Å². The molecule has 2 aromatic carbocycles. The molecule has 0 spiro atoms. The molecule has 0 saturated carbocycles. The van der Waals surface area contributed by atoms with Crippen LogP contribution >= 0.6 is 0 Å². The first-order chi connectivity index (χ1) is 11.4. The molecule has 0 nitrogen and oxygen atoms in total. The van der Waals surface area contributed by atoms with Crippen LogP contribution in [-0.4, -0.2) is 0 Å². The lowest BCUT2D eigenvalue weighted by Gasteiger charge is -2.11. The second-order valence-electron chi connectivity index (χ2n) is 5.65. The first-order valence-corrected chi connectivity index (χ1v) is 8.25. The standard InChI is InChI=1S/C13H10.2C5H6/c1-4-10-6-2-8-12-9-3-7-11(5-1)13(10)12;2*1-2-4-5-3-1/h1-8H,9H2;2*1-4H,5H2. The van der Waals surface area contributed by atoms with Crippen molar-refractivity contribution in [2.45, 2.75) is 19.3 Å². The maximum Gasteiger partial charge on any atom is -0.00763 e. The molecule has 3 aliphatic carbocycles. The highest BCUT2D eigenvalue weighted by Crippen LogP contribution is 2.27. The smallest absolute Gasteiger partial charge is 0.00763 e. The van der Waals surface area contributed by atoms with E-state index in [1.165, 1.54) is 21.9 Å². The average Bonchev–Trinajstić information content (AvgIpc) is 3.35. The molecule has 114 valence electrons. The number of hydrogen-bond acceptors (Lipinski definition) is 0. The fourth-order valence-corrected chi connectivity index (χ4v) is 2.86. The van der Waals surface area contributed by atoms with Crippen LogP contribution in [0.4, 0.5) is 0 Å². The number of hydrogen-bond donors (Lipinski definition) is 0. The summed E-state index contributed by atoms with van der Waals surface area (Å²) < 4.78 is 0. The Labute approximate surface area is 138 Å². The van der Waals surface area contributed by atoms with Gasteiger partial charge in [0, 0.05) is 0 Å². The molecule has 0 aromatic heterocycles. The fourth-order valence-electron chi connectivity index (χ4n) is 2.86. The van der Waals surface area contributed by atoms with Crippen molar-refractivity contribution >= 4 is 16.8 Å². The van der Waals surface area contributed by atoms with Crippen molar-refractivity contribution in [1.29, 1.82) is 0 Å². The van der Waals surface area contributed by atoms with Crippen molar-refractivity contribution < 1.29 is 0 Å². The lowest BCUT2D eigenvalue weighted by atomic mass is 9.93. The van der Waals surface area contributed by atoms with Crippen molar-refractivity contribution in [3.63, 3.8) is 0 Å². The largest absolute Gasteiger partial charge is 0.0808 e. The molecule has 0 bridgehead atoms. The lowest BCUT2D eigenvalue weighted by Crippen LogP contribution is -1.91. The van der Waals surface area contributed by atoms with Gasteiger partial charge in [-0.25, -0.2) is 0 Å². The van der Waals surface area contributed by atoms with Gasteiger partial charge in [0.05, 0.1) is 0 Å². The molecule has 5 rings (SSSR count). The van der Waals surface area contributed by atoms with E-state index in [1.54, 1.807) is 0 Å². The van der Waals surface area contributed by atoms with Crippen LogP contribution in [0, 0.1) is 0 Å². The van der Waals surface area contributed by atoms with Crippen LogP contribution in [0.2, 0.25) is 0 Å². The van der Waals surface area contributed by atoms with Crippen LogP contribution in [0.5, 0.6) is 0 Å². The maximum absolute atomic E-state index is 2.23. The summed E-state index contributed by atoms with van der Waals surface area (Å²) in [4.78, 5) is 0. The third-order valence-corrected chi connectivity index (χ3v) is 3.97. The van der Waals surface area contributed by atoms with Crippen molar-refractivity contribution in [3.8, 4) is 0 Å². The zero-order valence-electron chi connectivity index (χ0n) is 13.4. The van der Waals surface area contributed by atoms with E-state index in [0.717, 1.165) is 19.3 Å². The Morgan fingerprint density at radius 1 is 0.609 bits per heavy atom. The highest BCUT2D eigenvalue weighted by molar-refractivity contribution is 5.94. The normalized spacial score (nSPS) is 15.3. The quantitative estimate of drug-likeness (QED) is 0.527. The summed E-state index contributed by atoms with van der Waals surface area (Å²) in [7, 11) is 0. The van der Waals surface area contributed by atoms with E-state index in [4.69, 9.17) is 0 Å². The van der Waals surface area contributed by atoms with Crippen molar-refractivity contribution in [2.24, 2.45) is 0 Å². The van der Waals surface area contributed by atoms with Crippen molar-refractivity contribution in [1.82, 2.24) is 0 Å². The molecule has 3 aliphatic rings. The monoisotopic (exact) mass is 298 g/mol. The van der Waals surface area contributed by atoms with Gasteiger partial charge in [-0.1, -0.05) is 97.2 Å². The highest BCUT2D eigenvalue weighted by atomic mass is 14.1. The summed E-state index contributed by atoms with van der Waals surface area (Å²) in [6.07, 6.45) is 24.5. The summed E-state index contributed by atoms with van der Waals surface area (Å²) in [5.74, 6) is 0. The van der Waals surface area contributed by atoms with Gasteiger partial charge in [-0.3, -0.25) is 0 Å². The van der Waals surface area contributed by atoms with Gasteiger partial charge < -0.3 is 0 Å². The Hall–Kier alpha value is -2.60. The van der Waals surface area contributed by atoms with E-state index in [-0.39, 0.29) is 0 Å². The summed E-state index contributed by atoms with van der Waals surface area (Å²) in [6, 6.07) is 13.0. The topological polar surface area (TPSA) is 0 Å². The van der Waals surface area contributed by atoms with Gasteiger partial charge in [0.2, 0.25) is 0 Å². The summed E-state index contributed by atoms with van der Waals surface area (Å²) in [5, 5.41) is 2.80. The van der Waals surface area contributed by atoms with Crippen LogP contribution in [0.1, 0.15) is 24.0 Å². The van der Waals surface area contributed by atoms with Crippen LogP contribution < -0.4 is 0 Å². The fraction of sp³-hybridized carbons (Fsp3) is 0.130. The molecule has 0 heteroatoms. The van der Waals surface area contributed by atoms with E-state index >= 15 is 0 Å². The van der Waals surface area contributed by atoms with Gasteiger partial charge in [0.25, 0.3) is 0 Å². The molecule has 0 amide bonds. The minimum atomic E-state index is 1.08. The van der Waals surface area contributed by atoms with E-state index in [9.17, 15) is 0 Å². The van der Waals surface area contributed by atoms with Crippen LogP contribution in [0.3, 0.4) is 0 Å². The van der Waals surface area contributed by atoms with Gasteiger partial charge in [0.1, 0.15) is 0 Å².